The van der Waals surface area contributed by atoms with Gasteiger partial charge in [-0.1, -0.05) is 6.07 Å². The van der Waals surface area contributed by atoms with Crippen molar-refractivity contribution in [1.29, 1.82) is 0 Å². The number of benzene rings is 1. The van der Waals surface area contributed by atoms with Gasteiger partial charge in [-0.05, 0) is 56.0 Å². The van der Waals surface area contributed by atoms with Crippen molar-refractivity contribution >= 4 is 10.9 Å². The van der Waals surface area contributed by atoms with Crippen molar-refractivity contribution in [3.05, 3.63) is 30.0 Å². The smallest absolute Gasteiger partial charge is 0.0650 e. The molecular weight excluding hydrogens is 198 g/mol. The molecule has 3 nitrogen and oxygen atoms in total. The third-order valence-electron chi connectivity index (χ3n) is 3.49. The molecule has 1 aromatic carbocycles. The Bertz CT molecular complexity index is 469. The van der Waals surface area contributed by atoms with Gasteiger partial charge in [-0.2, -0.15) is 5.10 Å². The molecule has 0 bridgehead atoms. The van der Waals surface area contributed by atoms with E-state index in [4.69, 9.17) is 0 Å². The number of aromatic amines is 1. The standard InChI is InChI=1S/C13H17N3/c1-2-13-12(9-15-16-13)8-11(1)7-10-3-5-14-6-4-10/h1-2,8-10,14H,3-7H2,(H,15,16). The maximum Gasteiger partial charge on any atom is 0.0650 e. The average molecular weight is 215 g/mol. The fraction of sp³-hybridized carbons (Fsp3) is 0.462. The van der Waals surface area contributed by atoms with Crippen LogP contribution in [0.5, 0.6) is 0 Å². The molecule has 1 aliphatic rings. The summed E-state index contributed by atoms with van der Waals surface area (Å²) < 4.78 is 0. The number of hydrogen-bond donors (Lipinski definition) is 2. The molecule has 1 fully saturated rings. The highest BCUT2D eigenvalue weighted by Crippen LogP contribution is 2.20. The van der Waals surface area contributed by atoms with E-state index in [1.54, 1.807) is 0 Å². The molecule has 3 heteroatoms. The number of H-pyrrole nitrogens is 1. The zero-order valence-corrected chi connectivity index (χ0v) is 9.37. The fourth-order valence-corrected chi connectivity index (χ4v) is 2.54. The Morgan fingerprint density at radius 2 is 2.12 bits per heavy atom. The van der Waals surface area contributed by atoms with Crippen LogP contribution < -0.4 is 5.32 Å². The molecule has 0 unspecified atom stereocenters. The van der Waals surface area contributed by atoms with Gasteiger partial charge in [0.25, 0.3) is 0 Å². The van der Waals surface area contributed by atoms with Crippen molar-refractivity contribution in [3.8, 4) is 0 Å². The van der Waals surface area contributed by atoms with Gasteiger partial charge in [0.1, 0.15) is 0 Å². The normalized spacial score (nSPS) is 18.0. The van der Waals surface area contributed by atoms with Gasteiger partial charge in [-0.25, -0.2) is 0 Å². The second-order valence-corrected chi connectivity index (χ2v) is 4.69. The van der Waals surface area contributed by atoms with Gasteiger partial charge >= 0.3 is 0 Å². The first-order chi connectivity index (χ1) is 7.92. The molecule has 0 saturated carbocycles. The summed E-state index contributed by atoms with van der Waals surface area (Å²) in [5.74, 6) is 0.852. The summed E-state index contributed by atoms with van der Waals surface area (Å²) in [6.07, 6.45) is 5.73. The van der Waals surface area contributed by atoms with Crippen LogP contribution in [0.4, 0.5) is 0 Å². The van der Waals surface area contributed by atoms with Gasteiger partial charge in [0.2, 0.25) is 0 Å². The Balaban J connectivity index is 1.77. The first kappa shape index (κ1) is 9.85. The topological polar surface area (TPSA) is 40.7 Å². The van der Waals surface area contributed by atoms with Gasteiger partial charge in [-0.15, -0.1) is 0 Å². The van der Waals surface area contributed by atoms with Gasteiger partial charge in [-0.3, -0.25) is 5.10 Å². The maximum atomic E-state index is 4.05. The highest BCUT2D eigenvalue weighted by atomic mass is 15.1. The lowest BCUT2D eigenvalue weighted by molar-refractivity contribution is 0.373. The molecule has 0 amide bonds. The second-order valence-electron chi connectivity index (χ2n) is 4.69. The van der Waals surface area contributed by atoms with E-state index in [-0.39, 0.29) is 0 Å². The molecule has 3 rings (SSSR count). The molecule has 1 saturated heterocycles. The highest BCUT2D eigenvalue weighted by Gasteiger charge is 2.13. The average Bonchev–Trinajstić information content (AvgIpc) is 2.77. The predicted octanol–water partition coefficient (Wildman–Crippen LogP) is 2.10. The summed E-state index contributed by atoms with van der Waals surface area (Å²) in [5.41, 5.74) is 2.58. The molecule has 0 radical (unpaired) electrons. The number of hydrogen-bond acceptors (Lipinski definition) is 2. The lowest BCUT2D eigenvalue weighted by Crippen LogP contribution is -2.28. The van der Waals surface area contributed by atoms with Crippen molar-refractivity contribution in [1.82, 2.24) is 15.5 Å². The molecule has 16 heavy (non-hydrogen) atoms. The Hall–Kier alpha value is -1.35. The van der Waals surface area contributed by atoms with E-state index in [1.807, 2.05) is 6.20 Å². The van der Waals surface area contributed by atoms with Crippen molar-refractivity contribution in [3.63, 3.8) is 0 Å². The van der Waals surface area contributed by atoms with Crippen molar-refractivity contribution in [2.24, 2.45) is 5.92 Å². The fourth-order valence-electron chi connectivity index (χ4n) is 2.54. The Kier molecular flexibility index (Phi) is 2.62. The number of fused-ring (bicyclic) bond motifs is 1. The van der Waals surface area contributed by atoms with Gasteiger partial charge < -0.3 is 5.32 Å². The predicted molar refractivity (Wildman–Crippen MR) is 65.4 cm³/mol. The third kappa shape index (κ3) is 1.95. The van der Waals surface area contributed by atoms with Crippen LogP contribution in [0.25, 0.3) is 10.9 Å². The lowest BCUT2D eigenvalue weighted by atomic mass is 9.91. The minimum Gasteiger partial charge on any atom is -0.317 e. The molecule has 0 atom stereocenters. The van der Waals surface area contributed by atoms with Gasteiger partial charge in [0, 0.05) is 5.39 Å². The van der Waals surface area contributed by atoms with Gasteiger partial charge in [0.15, 0.2) is 0 Å². The van der Waals surface area contributed by atoms with Crippen molar-refractivity contribution in [2.45, 2.75) is 19.3 Å². The summed E-state index contributed by atoms with van der Waals surface area (Å²) in [4.78, 5) is 0. The van der Waals surface area contributed by atoms with Crippen LogP contribution in [-0.4, -0.2) is 23.3 Å². The van der Waals surface area contributed by atoms with Crippen LogP contribution in [0.3, 0.4) is 0 Å². The molecule has 1 aromatic heterocycles. The molecule has 0 aliphatic carbocycles. The first-order valence-electron chi connectivity index (χ1n) is 6.04. The zero-order valence-electron chi connectivity index (χ0n) is 9.37. The minimum absolute atomic E-state index is 0.852. The van der Waals surface area contributed by atoms with Crippen LogP contribution in [0.2, 0.25) is 0 Å². The Labute approximate surface area is 95.2 Å². The number of rotatable bonds is 2. The largest absolute Gasteiger partial charge is 0.317 e. The van der Waals surface area contributed by atoms with E-state index in [2.05, 4.69) is 33.7 Å². The van der Waals surface area contributed by atoms with Crippen LogP contribution >= 0.6 is 0 Å². The summed E-state index contributed by atoms with van der Waals surface area (Å²) in [6, 6.07) is 6.63. The van der Waals surface area contributed by atoms with Crippen LogP contribution in [-0.2, 0) is 6.42 Å². The highest BCUT2D eigenvalue weighted by molar-refractivity contribution is 5.78. The number of nitrogens with one attached hydrogen (secondary N) is 2. The molecule has 2 heterocycles. The number of piperidine rings is 1. The second kappa shape index (κ2) is 4.26. The number of aromatic nitrogens is 2. The van der Waals surface area contributed by atoms with Crippen LogP contribution in [0.15, 0.2) is 24.4 Å². The SMILES string of the molecule is c1cc2[nH]ncc2cc1CC1CCNCC1. The number of nitrogens with zero attached hydrogens (tertiary/aromatic N) is 1. The van der Waals surface area contributed by atoms with Crippen molar-refractivity contribution < 1.29 is 0 Å². The summed E-state index contributed by atoms with van der Waals surface area (Å²) in [5, 5.41) is 11.7. The Morgan fingerprint density at radius 1 is 1.25 bits per heavy atom. The molecule has 1 aliphatic heterocycles. The van der Waals surface area contributed by atoms with Crippen LogP contribution in [0.1, 0.15) is 18.4 Å². The molecule has 84 valence electrons. The van der Waals surface area contributed by atoms with Crippen LogP contribution in [0, 0.1) is 5.92 Å². The zero-order chi connectivity index (χ0) is 10.8. The van der Waals surface area contributed by atoms with E-state index in [9.17, 15) is 0 Å². The Morgan fingerprint density at radius 3 is 3.00 bits per heavy atom. The lowest BCUT2D eigenvalue weighted by Gasteiger charge is -2.22. The van der Waals surface area contributed by atoms with E-state index in [0.717, 1.165) is 11.4 Å². The minimum atomic E-state index is 0.852. The monoisotopic (exact) mass is 215 g/mol. The van der Waals surface area contributed by atoms with E-state index in [1.165, 1.54) is 43.3 Å². The summed E-state index contributed by atoms with van der Waals surface area (Å²) >= 11 is 0. The maximum absolute atomic E-state index is 4.05. The first-order valence-corrected chi connectivity index (χ1v) is 6.04. The molecule has 0 spiro atoms. The molecule has 2 N–H and O–H groups in total. The van der Waals surface area contributed by atoms with E-state index < -0.39 is 0 Å². The molecular formula is C13H17N3. The summed E-state index contributed by atoms with van der Waals surface area (Å²) in [6.45, 7) is 2.36. The quantitative estimate of drug-likeness (QED) is 0.805. The van der Waals surface area contributed by atoms with E-state index in [0.29, 0.717) is 0 Å². The van der Waals surface area contributed by atoms with E-state index >= 15 is 0 Å². The molecule has 2 aromatic rings. The van der Waals surface area contributed by atoms with Gasteiger partial charge in [0.05, 0.1) is 11.7 Å². The third-order valence-corrected chi connectivity index (χ3v) is 3.49. The van der Waals surface area contributed by atoms with Crippen molar-refractivity contribution in [2.75, 3.05) is 13.1 Å². The summed E-state index contributed by atoms with van der Waals surface area (Å²) in [7, 11) is 0.